The molecular weight excluding hydrogens is 202 g/mol. The van der Waals surface area contributed by atoms with Crippen molar-refractivity contribution in [2.24, 2.45) is 4.99 Å². The van der Waals surface area contributed by atoms with Crippen molar-refractivity contribution in [3.63, 3.8) is 0 Å². The van der Waals surface area contributed by atoms with Crippen LogP contribution in [0.4, 0.5) is 0 Å². The number of likely N-dealkylation sites (tertiary alicyclic amines) is 1. The molecule has 16 heavy (non-hydrogen) atoms. The van der Waals surface area contributed by atoms with Gasteiger partial charge in [-0.15, -0.1) is 6.42 Å². The summed E-state index contributed by atoms with van der Waals surface area (Å²) in [5, 5.41) is 3.13. The topological polar surface area (TPSA) is 36.9 Å². The average molecular weight is 223 g/mol. The maximum Gasteiger partial charge on any atom is 0.194 e. The number of piperidine rings is 1. The highest BCUT2D eigenvalue weighted by Crippen LogP contribution is 2.13. The van der Waals surface area contributed by atoms with Crippen molar-refractivity contribution in [3.8, 4) is 12.3 Å². The van der Waals surface area contributed by atoms with Crippen molar-refractivity contribution in [2.75, 3.05) is 33.3 Å². The van der Waals surface area contributed by atoms with Crippen LogP contribution >= 0.6 is 0 Å². The summed E-state index contributed by atoms with van der Waals surface area (Å²) in [4.78, 5) is 6.44. The second-order valence-corrected chi connectivity index (χ2v) is 3.75. The Morgan fingerprint density at radius 2 is 2.25 bits per heavy atom. The third kappa shape index (κ3) is 3.74. The standard InChI is InChI=1S/C12H21N3O/c1-4-8-14-12(13-3)15-9-6-11(7-10-15)16-5-2/h1,11H,5-10H2,2-3H3,(H,13,14). The summed E-state index contributed by atoms with van der Waals surface area (Å²) in [6.45, 7) is 5.33. The molecule has 0 bridgehead atoms. The minimum atomic E-state index is 0.409. The number of nitrogens with one attached hydrogen (secondary N) is 1. The molecule has 0 aromatic rings. The van der Waals surface area contributed by atoms with Crippen molar-refractivity contribution in [1.82, 2.24) is 10.2 Å². The van der Waals surface area contributed by atoms with Crippen LogP contribution in [0.25, 0.3) is 0 Å². The summed E-state index contributed by atoms with van der Waals surface area (Å²) in [5.74, 6) is 3.45. The van der Waals surface area contributed by atoms with E-state index in [1.807, 2.05) is 6.92 Å². The summed E-state index contributed by atoms with van der Waals surface area (Å²) in [7, 11) is 1.79. The summed E-state index contributed by atoms with van der Waals surface area (Å²) in [5.41, 5.74) is 0. The lowest BCUT2D eigenvalue weighted by atomic mass is 10.1. The monoisotopic (exact) mass is 223 g/mol. The fourth-order valence-corrected chi connectivity index (χ4v) is 1.93. The van der Waals surface area contributed by atoms with Crippen molar-refractivity contribution in [3.05, 3.63) is 0 Å². The van der Waals surface area contributed by atoms with E-state index in [0.717, 1.165) is 38.5 Å². The van der Waals surface area contributed by atoms with Crippen molar-refractivity contribution < 1.29 is 4.74 Å². The van der Waals surface area contributed by atoms with Gasteiger partial charge < -0.3 is 15.0 Å². The molecule has 0 aromatic carbocycles. The van der Waals surface area contributed by atoms with E-state index < -0.39 is 0 Å². The van der Waals surface area contributed by atoms with Gasteiger partial charge >= 0.3 is 0 Å². The van der Waals surface area contributed by atoms with E-state index in [1.165, 1.54) is 0 Å². The molecule has 1 fully saturated rings. The number of hydrogen-bond donors (Lipinski definition) is 1. The molecule has 0 aliphatic carbocycles. The van der Waals surface area contributed by atoms with Gasteiger partial charge in [-0.25, -0.2) is 0 Å². The normalized spacial score (nSPS) is 18.3. The maximum absolute atomic E-state index is 5.61. The summed E-state index contributed by atoms with van der Waals surface area (Å²) < 4.78 is 5.61. The van der Waals surface area contributed by atoms with Gasteiger partial charge in [-0.3, -0.25) is 4.99 Å². The van der Waals surface area contributed by atoms with E-state index in [0.29, 0.717) is 12.6 Å². The highest BCUT2D eigenvalue weighted by atomic mass is 16.5. The Bertz CT molecular complexity index is 262. The fourth-order valence-electron chi connectivity index (χ4n) is 1.93. The van der Waals surface area contributed by atoms with Crippen molar-refractivity contribution >= 4 is 5.96 Å². The molecule has 90 valence electrons. The Hall–Kier alpha value is -1.21. The third-order valence-electron chi connectivity index (χ3n) is 2.70. The lowest BCUT2D eigenvalue weighted by Gasteiger charge is -2.33. The van der Waals surface area contributed by atoms with E-state index in [4.69, 9.17) is 11.2 Å². The quantitative estimate of drug-likeness (QED) is 0.434. The molecular formula is C12H21N3O. The molecule has 4 heteroatoms. The molecule has 1 N–H and O–H groups in total. The zero-order chi connectivity index (χ0) is 11.8. The van der Waals surface area contributed by atoms with Gasteiger partial charge in [0, 0.05) is 26.7 Å². The lowest BCUT2D eigenvalue weighted by molar-refractivity contribution is 0.0264. The molecule has 1 rings (SSSR count). The summed E-state index contributed by atoms with van der Waals surface area (Å²) in [6.07, 6.45) is 7.75. The Balaban J connectivity index is 2.37. The smallest absolute Gasteiger partial charge is 0.194 e. The van der Waals surface area contributed by atoms with Gasteiger partial charge in [-0.2, -0.15) is 0 Å². The van der Waals surface area contributed by atoms with E-state index in [9.17, 15) is 0 Å². The largest absolute Gasteiger partial charge is 0.378 e. The van der Waals surface area contributed by atoms with Crippen molar-refractivity contribution in [2.45, 2.75) is 25.9 Å². The Morgan fingerprint density at radius 3 is 2.75 bits per heavy atom. The van der Waals surface area contributed by atoms with Gasteiger partial charge in [0.25, 0.3) is 0 Å². The highest BCUT2D eigenvalue weighted by molar-refractivity contribution is 5.80. The van der Waals surface area contributed by atoms with Crippen molar-refractivity contribution in [1.29, 1.82) is 0 Å². The first-order valence-corrected chi connectivity index (χ1v) is 5.82. The minimum Gasteiger partial charge on any atom is -0.378 e. The Kier molecular flexibility index (Phi) is 5.73. The Labute approximate surface area is 98.1 Å². The van der Waals surface area contributed by atoms with Gasteiger partial charge in [-0.1, -0.05) is 5.92 Å². The van der Waals surface area contributed by atoms with E-state index >= 15 is 0 Å². The van der Waals surface area contributed by atoms with Crippen LogP contribution in [0.5, 0.6) is 0 Å². The second kappa shape index (κ2) is 7.13. The maximum atomic E-state index is 5.61. The first-order chi connectivity index (χ1) is 7.81. The number of guanidine groups is 1. The molecule has 0 aromatic heterocycles. The molecule has 0 radical (unpaired) electrons. The summed E-state index contributed by atoms with van der Waals surface area (Å²) in [6, 6.07) is 0. The number of aliphatic imine (C=N–C) groups is 1. The van der Waals surface area contributed by atoms with E-state index in [-0.39, 0.29) is 0 Å². The zero-order valence-corrected chi connectivity index (χ0v) is 10.2. The van der Waals surface area contributed by atoms with E-state index in [1.54, 1.807) is 7.05 Å². The molecule has 0 saturated carbocycles. The molecule has 1 aliphatic heterocycles. The van der Waals surface area contributed by atoms with E-state index in [2.05, 4.69) is 21.1 Å². The van der Waals surface area contributed by atoms with Gasteiger partial charge in [0.1, 0.15) is 0 Å². The number of hydrogen-bond acceptors (Lipinski definition) is 2. The molecule has 1 heterocycles. The fraction of sp³-hybridized carbons (Fsp3) is 0.750. The Morgan fingerprint density at radius 1 is 1.56 bits per heavy atom. The number of ether oxygens (including phenoxy) is 1. The zero-order valence-electron chi connectivity index (χ0n) is 10.2. The average Bonchev–Trinajstić information content (AvgIpc) is 2.32. The van der Waals surface area contributed by atoms with Crippen LogP contribution in [-0.4, -0.2) is 50.3 Å². The van der Waals surface area contributed by atoms with Crippen LogP contribution in [0, 0.1) is 12.3 Å². The first-order valence-electron chi connectivity index (χ1n) is 5.82. The minimum absolute atomic E-state index is 0.409. The van der Waals surface area contributed by atoms with Crippen LogP contribution in [0.1, 0.15) is 19.8 Å². The third-order valence-corrected chi connectivity index (χ3v) is 2.70. The van der Waals surface area contributed by atoms with Gasteiger partial charge in [0.2, 0.25) is 0 Å². The molecule has 1 saturated heterocycles. The number of rotatable bonds is 3. The predicted octanol–water partition coefficient (Wildman–Crippen LogP) is 0.696. The molecule has 0 spiro atoms. The molecule has 1 aliphatic rings. The molecule has 4 nitrogen and oxygen atoms in total. The lowest BCUT2D eigenvalue weighted by Crippen LogP contribution is -2.47. The second-order valence-electron chi connectivity index (χ2n) is 3.75. The molecule has 0 unspecified atom stereocenters. The van der Waals surface area contributed by atoms with Crippen LogP contribution in [0.3, 0.4) is 0 Å². The summed E-state index contributed by atoms with van der Waals surface area (Å²) >= 11 is 0. The first kappa shape index (κ1) is 12.9. The SMILES string of the molecule is C#CCNC(=NC)N1CCC(OCC)CC1. The van der Waals surface area contributed by atoms with Gasteiger partial charge in [0.05, 0.1) is 12.6 Å². The van der Waals surface area contributed by atoms with Crippen LogP contribution in [0.15, 0.2) is 4.99 Å². The molecule has 0 amide bonds. The van der Waals surface area contributed by atoms with Crippen LogP contribution < -0.4 is 5.32 Å². The predicted molar refractivity (Wildman–Crippen MR) is 66.4 cm³/mol. The van der Waals surface area contributed by atoms with Crippen LogP contribution in [0.2, 0.25) is 0 Å². The van der Waals surface area contributed by atoms with Gasteiger partial charge in [-0.05, 0) is 19.8 Å². The van der Waals surface area contributed by atoms with Gasteiger partial charge in [0.15, 0.2) is 5.96 Å². The highest BCUT2D eigenvalue weighted by Gasteiger charge is 2.21. The van der Waals surface area contributed by atoms with Crippen LogP contribution in [-0.2, 0) is 4.74 Å². The number of terminal acetylenes is 1. The number of nitrogens with zero attached hydrogens (tertiary/aromatic N) is 2. The molecule has 0 atom stereocenters.